The minimum atomic E-state index is -0.563. The van der Waals surface area contributed by atoms with E-state index < -0.39 is 11.0 Å². The van der Waals surface area contributed by atoms with E-state index in [2.05, 4.69) is 0 Å². The van der Waals surface area contributed by atoms with Gasteiger partial charge < -0.3 is 4.74 Å². The maximum atomic E-state index is 12.3. The van der Waals surface area contributed by atoms with Gasteiger partial charge in [-0.1, -0.05) is 36.4 Å². The molecule has 0 bridgehead atoms. The smallest absolute Gasteiger partial charge is 0.418 e. The number of nitrogens with zero attached hydrogens (tertiary/aromatic N) is 2. The molecule has 2 aromatic carbocycles. The number of hydrogen-bond donors (Lipinski definition) is 0. The first kappa shape index (κ1) is 14.8. The Labute approximate surface area is 132 Å². The van der Waals surface area contributed by atoms with Gasteiger partial charge in [0.1, 0.15) is 6.61 Å². The van der Waals surface area contributed by atoms with Gasteiger partial charge in [-0.2, -0.15) is 0 Å². The first-order valence-corrected chi connectivity index (χ1v) is 7.04. The van der Waals surface area contributed by atoms with Gasteiger partial charge in [-0.15, -0.1) is 0 Å². The fourth-order valence-corrected chi connectivity index (χ4v) is 2.51. The van der Waals surface area contributed by atoms with E-state index in [1.54, 1.807) is 19.1 Å². The molecule has 23 heavy (non-hydrogen) atoms. The highest BCUT2D eigenvalue weighted by Crippen LogP contribution is 2.29. The zero-order valence-electron chi connectivity index (χ0n) is 12.4. The number of carbonyl (C=O) groups excluding carboxylic acids is 1. The van der Waals surface area contributed by atoms with Crippen molar-refractivity contribution in [3.63, 3.8) is 0 Å². The van der Waals surface area contributed by atoms with Gasteiger partial charge in [0.15, 0.2) is 0 Å². The van der Waals surface area contributed by atoms with Crippen LogP contribution in [0.5, 0.6) is 0 Å². The molecule has 0 amide bonds. The van der Waals surface area contributed by atoms with Crippen LogP contribution in [-0.4, -0.2) is 15.6 Å². The molecule has 0 atom stereocenters. The Kier molecular flexibility index (Phi) is 3.80. The lowest BCUT2D eigenvalue weighted by atomic mass is 10.1. The average molecular weight is 310 g/mol. The lowest BCUT2D eigenvalue weighted by molar-refractivity contribution is -0.383. The minimum Gasteiger partial charge on any atom is -0.444 e. The van der Waals surface area contributed by atoms with Gasteiger partial charge >= 0.3 is 6.09 Å². The van der Waals surface area contributed by atoms with Crippen LogP contribution in [0.15, 0.2) is 54.7 Å². The number of hydrogen-bond acceptors (Lipinski definition) is 4. The standard InChI is InChI=1S/C17H14N2O4/c1-12-7-8-15(19(21)22)14-9-10-18(16(12)14)17(20)23-11-13-5-3-2-4-6-13/h2-10H,11H2,1H3. The lowest BCUT2D eigenvalue weighted by Gasteiger charge is -2.08. The summed E-state index contributed by atoms with van der Waals surface area (Å²) in [5.41, 5.74) is 2.12. The zero-order valence-corrected chi connectivity index (χ0v) is 12.4. The van der Waals surface area contributed by atoms with Gasteiger partial charge in [-0.3, -0.25) is 14.7 Å². The van der Waals surface area contributed by atoms with Crippen molar-refractivity contribution in [3.05, 3.63) is 76.0 Å². The molecule has 6 nitrogen and oxygen atoms in total. The monoisotopic (exact) mass is 310 g/mol. The number of nitro groups is 1. The van der Waals surface area contributed by atoms with Gasteiger partial charge in [-0.25, -0.2) is 4.79 Å². The Morgan fingerprint density at radius 2 is 1.91 bits per heavy atom. The zero-order chi connectivity index (χ0) is 16.4. The molecule has 0 aliphatic heterocycles. The van der Waals surface area contributed by atoms with E-state index in [1.807, 2.05) is 30.3 Å². The molecule has 0 saturated heterocycles. The Morgan fingerprint density at radius 3 is 2.61 bits per heavy atom. The molecule has 0 N–H and O–H groups in total. The maximum absolute atomic E-state index is 12.3. The number of nitro benzene ring substituents is 1. The summed E-state index contributed by atoms with van der Waals surface area (Å²) in [5, 5.41) is 11.5. The summed E-state index contributed by atoms with van der Waals surface area (Å²) in [5.74, 6) is 0. The van der Waals surface area contributed by atoms with Crippen molar-refractivity contribution in [2.45, 2.75) is 13.5 Å². The van der Waals surface area contributed by atoms with Crippen LogP contribution in [0.25, 0.3) is 10.9 Å². The maximum Gasteiger partial charge on any atom is 0.418 e. The van der Waals surface area contributed by atoms with Crippen LogP contribution in [0.1, 0.15) is 11.1 Å². The second-order valence-electron chi connectivity index (χ2n) is 5.15. The second kappa shape index (κ2) is 5.92. The van der Waals surface area contributed by atoms with Crippen LogP contribution in [0.2, 0.25) is 0 Å². The summed E-state index contributed by atoms with van der Waals surface area (Å²) in [6, 6.07) is 14.0. The first-order valence-electron chi connectivity index (χ1n) is 7.04. The van der Waals surface area contributed by atoms with Crippen LogP contribution < -0.4 is 0 Å². The predicted molar refractivity (Wildman–Crippen MR) is 85.4 cm³/mol. The fourth-order valence-electron chi connectivity index (χ4n) is 2.51. The molecule has 116 valence electrons. The molecule has 0 saturated carbocycles. The third-order valence-corrected chi connectivity index (χ3v) is 3.63. The number of benzene rings is 2. The summed E-state index contributed by atoms with van der Waals surface area (Å²) >= 11 is 0. The molecular weight excluding hydrogens is 296 g/mol. The lowest BCUT2D eigenvalue weighted by Crippen LogP contribution is -2.13. The third-order valence-electron chi connectivity index (χ3n) is 3.63. The van der Waals surface area contributed by atoms with Crippen LogP contribution >= 0.6 is 0 Å². The SMILES string of the molecule is Cc1ccc([N+](=O)[O-])c2ccn(C(=O)OCc3ccccc3)c12. The van der Waals surface area contributed by atoms with Crippen LogP contribution in [-0.2, 0) is 11.3 Å². The summed E-state index contributed by atoms with van der Waals surface area (Å²) in [6.45, 7) is 1.94. The third kappa shape index (κ3) is 2.78. The molecule has 0 spiro atoms. The van der Waals surface area contributed by atoms with Crippen molar-refractivity contribution in [1.82, 2.24) is 4.57 Å². The quantitative estimate of drug-likeness (QED) is 0.540. The van der Waals surface area contributed by atoms with Gasteiger partial charge in [0.2, 0.25) is 0 Å². The molecule has 3 rings (SSSR count). The van der Waals surface area contributed by atoms with Crippen molar-refractivity contribution in [2.24, 2.45) is 0 Å². The normalized spacial score (nSPS) is 10.7. The average Bonchev–Trinajstić information content (AvgIpc) is 2.99. The second-order valence-corrected chi connectivity index (χ2v) is 5.15. The van der Waals surface area contributed by atoms with Crippen LogP contribution in [0.3, 0.4) is 0 Å². The van der Waals surface area contributed by atoms with Crippen molar-refractivity contribution < 1.29 is 14.5 Å². The van der Waals surface area contributed by atoms with E-state index >= 15 is 0 Å². The Balaban J connectivity index is 1.92. The summed E-state index contributed by atoms with van der Waals surface area (Å²) in [4.78, 5) is 22.9. The molecule has 1 aromatic heterocycles. The Morgan fingerprint density at radius 1 is 1.17 bits per heavy atom. The van der Waals surface area contributed by atoms with Gasteiger partial charge in [0.05, 0.1) is 15.8 Å². The van der Waals surface area contributed by atoms with E-state index in [-0.39, 0.29) is 12.3 Å². The van der Waals surface area contributed by atoms with Crippen molar-refractivity contribution >= 4 is 22.7 Å². The van der Waals surface area contributed by atoms with Gasteiger partial charge in [0.25, 0.3) is 5.69 Å². The first-order chi connectivity index (χ1) is 11.1. The van der Waals surface area contributed by atoms with E-state index in [9.17, 15) is 14.9 Å². The van der Waals surface area contributed by atoms with E-state index in [4.69, 9.17) is 4.74 Å². The highest BCUT2D eigenvalue weighted by molar-refractivity contribution is 5.96. The van der Waals surface area contributed by atoms with Crippen molar-refractivity contribution in [1.29, 1.82) is 0 Å². The van der Waals surface area contributed by atoms with Crippen molar-refractivity contribution in [2.75, 3.05) is 0 Å². The van der Waals surface area contributed by atoms with E-state index in [1.165, 1.54) is 16.8 Å². The molecule has 0 aliphatic rings. The molecule has 0 radical (unpaired) electrons. The predicted octanol–water partition coefficient (Wildman–Crippen LogP) is 4.04. The Hall–Kier alpha value is -3.15. The molecule has 0 unspecified atom stereocenters. The van der Waals surface area contributed by atoms with Crippen LogP contribution in [0.4, 0.5) is 10.5 Å². The summed E-state index contributed by atoms with van der Waals surface area (Å²) in [6.07, 6.45) is 0.935. The fraction of sp³-hybridized carbons (Fsp3) is 0.118. The minimum absolute atomic E-state index is 0.0276. The Bertz CT molecular complexity index is 884. The molecule has 0 aliphatic carbocycles. The summed E-state index contributed by atoms with van der Waals surface area (Å²) in [7, 11) is 0. The number of fused-ring (bicyclic) bond motifs is 1. The highest BCUT2D eigenvalue weighted by Gasteiger charge is 2.19. The molecule has 1 heterocycles. The summed E-state index contributed by atoms with van der Waals surface area (Å²) < 4.78 is 6.60. The number of non-ortho nitro benzene ring substituents is 1. The van der Waals surface area contributed by atoms with E-state index in [0.29, 0.717) is 10.9 Å². The number of aromatic nitrogens is 1. The molecule has 3 aromatic rings. The molecule has 6 heteroatoms. The number of ether oxygens (including phenoxy) is 1. The molecular formula is C17H14N2O4. The topological polar surface area (TPSA) is 74.4 Å². The van der Waals surface area contributed by atoms with Crippen molar-refractivity contribution in [3.8, 4) is 0 Å². The largest absolute Gasteiger partial charge is 0.444 e. The molecule has 0 fully saturated rings. The van der Waals surface area contributed by atoms with Gasteiger partial charge in [0, 0.05) is 12.3 Å². The number of carbonyl (C=O) groups is 1. The number of rotatable bonds is 3. The van der Waals surface area contributed by atoms with Gasteiger partial charge in [-0.05, 0) is 24.1 Å². The highest BCUT2D eigenvalue weighted by atomic mass is 16.6. The number of aryl methyl sites for hydroxylation is 1. The van der Waals surface area contributed by atoms with E-state index in [0.717, 1.165) is 11.1 Å². The van der Waals surface area contributed by atoms with Crippen LogP contribution in [0, 0.1) is 17.0 Å².